The fourth-order valence-corrected chi connectivity index (χ4v) is 0.845. The number of ether oxygens (including phenoxy) is 2. The zero-order valence-corrected chi connectivity index (χ0v) is 8.08. The summed E-state index contributed by atoms with van der Waals surface area (Å²) in [5.41, 5.74) is 0. The summed E-state index contributed by atoms with van der Waals surface area (Å²) in [4.78, 5) is 0. The summed E-state index contributed by atoms with van der Waals surface area (Å²) in [5, 5.41) is 8.91. The van der Waals surface area contributed by atoms with Crippen molar-refractivity contribution in [2.45, 2.75) is 32.8 Å². The Kier molecular flexibility index (Phi) is 8.88. The first-order valence-corrected chi connectivity index (χ1v) is 4.61. The molecule has 3 nitrogen and oxygen atoms in total. The van der Waals surface area contributed by atoms with E-state index >= 15 is 0 Å². The molecule has 0 aliphatic heterocycles. The van der Waals surface area contributed by atoms with E-state index < -0.39 is 0 Å². The lowest BCUT2D eigenvalue weighted by Crippen LogP contribution is -2.07. The Morgan fingerprint density at radius 1 is 1.17 bits per heavy atom. The number of aliphatic hydroxyl groups is 1. The second kappa shape index (κ2) is 8.97. The van der Waals surface area contributed by atoms with Gasteiger partial charge in [0, 0.05) is 13.2 Å². The van der Waals surface area contributed by atoms with Gasteiger partial charge in [-0.15, -0.1) is 0 Å². The molecule has 0 amide bonds. The molecule has 0 aliphatic rings. The van der Waals surface area contributed by atoms with Gasteiger partial charge in [0.15, 0.2) is 0 Å². The minimum atomic E-state index is -0.208. The van der Waals surface area contributed by atoms with Gasteiger partial charge in [-0.3, -0.25) is 0 Å². The fourth-order valence-electron chi connectivity index (χ4n) is 0.845. The van der Waals surface area contributed by atoms with Crippen molar-refractivity contribution in [2.24, 2.45) is 0 Å². The van der Waals surface area contributed by atoms with Crippen molar-refractivity contribution in [1.29, 1.82) is 0 Å². The molecule has 1 N–H and O–H groups in total. The van der Waals surface area contributed by atoms with Crippen LogP contribution in [0.1, 0.15) is 26.7 Å². The van der Waals surface area contributed by atoms with E-state index in [1.165, 1.54) is 0 Å². The summed E-state index contributed by atoms with van der Waals surface area (Å²) in [6, 6.07) is 0. The van der Waals surface area contributed by atoms with Crippen LogP contribution in [0, 0.1) is 0 Å². The lowest BCUT2D eigenvalue weighted by Gasteiger charge is -2.05. The number of hydrogen-bond donors (Lipinski definition) is 1. The van der Waals surface area contributed by atoms with E-state index in [0.717, 1.165) is 26.1 Å². The van der Waals surface area contributed by atoms with Gasteiger partial charge < -0.3 is 14.6 Å². The van der Waals surface area contributed by atoms with Crippen LogP contribution in [0.4, 0.5) is 0 Å². The molecule has 0 aromatic carbocycles. The summed E-state index contributed by atoms with van der Waals surface area (Å²) >= 11 is 0. The largest absolute Gasteiger partial charge is 0.393 e. The van der Waals surface area contributed by atoms with Crippen LogP contribution in [0.25, 0.3) is 0 Å². The quantitative estimate of drug-likeness (QED) is 0.565. The Labute approximate surface area is 74.7 Å². The van der Waals surface area contributed by atoms with E-state index in [2.05, 4.69) is 0 Å². The molecule has 74 valence electrons. The molecule has 0 radical (unpaired) electrons. The van der Waals surface area contributed by atoms with Crippen LogP contribution in [0.15, 0.2) is 0 Å². The molecule has 0 saturated heterocycles. The zero-order chi connectivity index (χ0) is 9.23. The van der Waals surface area contributed by atoms with Gasteiger partial charge in [0.25, 0.3) is 0 Å². The van der Waals surface area contributed by atoms with Crippen LogP contribution < -0.4 is 0 Å². The summed E-state index contributed by atoms with van der Waals surface area (Å²) < 4.78 is 10.3. The highest BCUT2D eigenvalue weighted by atomic mass is 16.5. The zero-order valence-electron chi connectivity index (χ0n) is 8.08. The molecule has 0 aliphatic carbocycles. The maximum atomic E-state index is 8.91. The molecule has 0 aromatic heterocycles. The predicted octanol–water partition coefficient (Wildman–Crippen LogP) is 1.20. The van der Waals surface area contributed by atoms with Gasteiger partial charge in [-0.2, -0.15) is 0 Å². The maximum Gasteiger partial charge on any atom is 0.0700 e. The number of aliphatic hydroxyl groups excluding tert-OH is 1. The first kappa shape index (κ1) is 11.9. The minimum Gasteiger partial charge on any atom is -0.393 e. The fraction of sp³-hybridized carbons (Fsp3) is 1.00. The average molecular weight is 176 g/mol. The first-order valence-electron chi connectivity index (χ1n) is 4.61. The second-order valence-corrected chi connectivity index (χ2v) is 2.80. The third-order valence-electron chi connectivity index (χ3n) is 1.49. The normalized spacial score (nSPS) is 13.2. The van der Waals surface area contributed by atoms with E-state index in [0.29, 0.717) is 13.2 Å². The van der Waals surface area contributed by atoms with Crippen molar-refractivity contribution in [1.82, 2.24) is 0 Å². The van der Waals surface area contributed by atoms with E-state index in [-0.39, 0.29) is 6.10 Å². The standard InChI is InChI=1S/C9H20O3/c1-3-11-7-8-12-6-4-5-9(2)10/h9-10H,3-8H2,1-2H3. The molecule has 0 bridgehead atoms. The lowest BCUT2D eigenvalue weighted by molar-refractivity contribution is 0.0475. The lowest BCUT2D eigenvalue weighted by atomic mass is 10.2. The van der Waals surface area contributed by atoms with Crippen molar-refractivity contribution in [3.63, 3.8) is 0 Å². The molecule has 0 aromatic rings. The topological polar surface area (TPSA) is 38.7 Å². The van der Waals surface area contributed by atoms with Crippen molar-refractivity contribution in [2.75, 3.05) is 26.4 Å². The minimum absolute atomic E-state index is 0.208. The van der Waals surface area contributed by atoms with Gasteiger partial charge in [-0.25, -0.2) is 0 Å². The summed E-state index contributed by atoms with van der Waals surface area (Å²) in [6.45, 7) is 6.56. The molecule has 0 fully saturated rings. The van der Waals surface area contributed by atoms with Crippen molar-refractivity contribution < 1.29 is 14.6 Å². The maximum absolute atomic E-state index is 8.91. The SMILES string of the molecule is CCOCCOCCCC(C)O. The molecule has 0 rings (SSSR count). The molecular weight excluding hydrogens is 156 g/mol. The van der Waals surface area contributed by atoms with Gasteiger partial charge >= 0.3 is 0 Å². The van der Waals surface area contributed by atoms with Crippen LogP contribution >= 0.6 is 0 Å². The van der Waals surface area contributed by atoms with Crippen LogP contribution in [0.2, 0.25) is 0 Å². The number of rotatable bonds is 8. The Hall–Kier alpha value is -0.120. The van der Waals surface area contributed by atoms with Gasteiger partial charge in [0.2, 0.25) is 0 Å². The highest BCUT2D eigenvalue weighted by Crippen LogP contribution is 1.95. The summed E-state index contributed by atoms with van der Waals surface area (Å²) in [7, 11) is 0. The highest BCUT2D eigenvalue weighted by molar-refractivity contribution is 4.45. The third kappa shape index (κ3) is 9.88. The van der Waals surface area contributed by atoms with E-state index in [1.54, 1.807) is 6.92 Å². The summed E-state index contributed by atoms with van der Waals surface area (Å²) in [5.74, 6) is 0. The molecule has 0 saturated carbocycles. The third-order valence-corrected chi connectivity index (χ3v) is 1.49. The number of hydrogen-bond acceptors (Lipinski definition) is 3. The van der Waals surface area contributed by atoms with E-state index in [4.69, 9.17) is 14.6 Å². The van der Waals surface area contributed by atoms with Crippen molar-refractivity contribution in [3.05, 3.63) is 0 Å². The molecular formula is C9H20O3. The molecule has 12 heavy (non-hydrogen) atoms. The molecule has 1 atom stereocenters. The van der Waals surface area contributed by atoms with Crippen LogP contribution in [0.3, 0.4) is 0 Å². The van der Waals surface area contributed by atoms with Crippen molar-refractivity contribution >= 4 is 0 Å². The Morgan fingerprint density at radius 3 is 2.42 bits per heavy atom. The smallest absolute Gasteiger partial charge is 0.0700 e. The molecule has 0 heterocycles. The molecule has 1 unspecified atom stereocenters. The Morgan fingerprint density at radius 2 is 1.83 bits per heavy atom. The van der Waals surface area contributed by atoms with Crippen LogP contribution in [-0.2, 0) is 9.47 Å². The average Bonchev–Trinajstić information content (AvgIpc) is 2.02. The van der Waals surface area contributed by atoms with Gasteiger partial charge in [-0.05, 0) is 26.7 Å². The predicted molar refractivity (Wildman–Crippen MR) is 48.2 cm³/mol. The monoisotopic (exact) mass is 176 g/mol. The van der Waals surface area contributed by atoms with Crippen LogP contribution in [0.5, 0.6) is 0 Å². The molecule has 0 spiro atoms. The second-order valence-electron chi connectivity index (χ2n) is 2.80. The first-order chi connectivity index (χ1) is 5.77. The Bertz CT molecular complexity index is 83.8. The van der Waals surface area contributed by atoms with Gasteiger partial charge in [0.05, 0.1) is 19.3 Å². The highest BCUT2D eigenvalue weighted by Gasteiger charge is 1.94. The summed E-state index contributed by atoms with van der Waals surface area (Å²) in [6.07, 6.45) is 1.53. The Balaban J connectivity index is 2.82. The van der Waals surface area contributed by atoms with Gasteiger partial charge in [0.1, 0.15) is 0 Å². The molecule has 3 heteroatoms. The van der Waals surface area contributed by atoms with Crippen LogP contribution in [-0.4, -0.2) is 37.6 Å². The van der Waals surface area contributed by atoms with E-state index in [9.17, 15) is 0 Å². The van der Waals surface area contributed by atoms with Gasteiger partial charge in [-0.1, -0.05) is 0 Å². The van der Waals surface area contributed by atoms with Crippen molar-refractivity contribution in [3.8, 4) is 0 Å². The van der Waals surface area contributed by atoms with E-state index in [1.807, 2.05) is 6.92 Å².